The van der Waals surface area contributed by atoms with Crippen LogP contribution in [0.25, 0.3) is 0 Å². The molecule has 0 amide bonds. The van der Waals surface area contributed by atoms with E-state index in [0.717, 1.165) is 37.7 Å². The molecule has 94 valence electrons. The zero-order valence-electron chi connectivity index (χ0n) is 10.5. The Balaban J connectivity index is 1.62. The van der Waals surface area contributed by atoms with Crippen molar-refractivity contribution < 1.29 is 4.39 Å². The minimum atomic E-state index is -0.138. The van der Waals surface area contributed by atoms with Gasteiger partial charge in [0.25, 0.3) is 0 Å². The van der Waals surface area contributed by atoms with Crippen LogP contribution in [0.15, 0.2) is 24.3 Å². The Kier molecular flexibility index (Phi) is 4.51. The third kappa shape index (κ3) is 4.84. The molecule has 0 aromatic heterocycles. The summed E-state index contributed by atoms with van der Waals surface area (Å²) < 4.78 is 13.0. The highest BCUT2D eigenvalue weighted by Crippen LogP contribution is 2.17. The van der Waals surface area contributed by atoms with E-state index in [2.05, 4.69) is 17.3 Å². The molecule has 0 heterocycles. The molecule has 1 aliphatic carbocycles. The van der Waals surface area contributed by atoms with Crippen LogP contribution in [0.3, 0.4) is 0 Å². The van der Waals surface area contributed by atoms with Crippen molar-refractivity contribution in [2.45, 2.75) is 25.3 Å². The molecule has 0 bridgehead atoms. The molecule has 0 aliphatic heterocycles. The van der Waals surface area contributed by atoms with Gasteiger partial charge in [0.15, 0.2) is 0 Å². The van der Waals surface area contributed by atoms with Crippen molar-refractivity contribution in [1.29, 1.82) is 0 Å². The molecular weight excluding hydrogens is 215 g/mol. The van der Waals surface area contributed by atoms with Crippen LogP contribution in [0.5, 0.6) is 0 Å². The van der Waals surface area contributed by atoms with Gasteiger partial charge in [-0.05, 0) is 44.0 Å². The SMILES string of the molecule is CN(CCNC1CC1)CCc1cccc(F)c1. The van der Waals surface area contributed by atoms with Crippen LogP contribution in [-0.4, -0.2) is 37.6 Å². The molecule has 1 N–H and O–H groups in total. The zero-order valence-corrected chi connectivity index (χ0v) is 10.5. The molecule has 0 spiro atoms. The van der Waals surface area contributed by atoms with E-state index in [1.54, 1.807) is 12.1 Å². The number of rotatable bonds is 7. The maximum atomic E-state index is 13.0. The minimum Gasteiger partial charge on any atom is -0.313 e. The lowest BCUT2D eigenvalue weighted by molar-refractivity contribution is 0.335. The van der Waals surface area contributed by atoms with Crippen molar-refractivity contribution in [3.05, 3.63) is 35.6 Å². The normalized spacial score (nSPS) is 15.5. The summed E-state index contributed by atoms with van der Waals surface area (Å²) in [5, 5.41) is 3.49. The molecule has 1 aromatic rings. The molecule has 1 aromatic carbocycles. The van der Waals surface area contributed by atoms with Gasteiger partial charge in [0, 0.05) is 25.7 Å². The Morgan fingerprint density at radius 2 is 2.18 bits per heavy atom. The molecular formula is C14H21FN2. The first kappa shape index (κ1) is 12.5. The smallest absolute Gasteiger partial charge is 0.123 e. The fraction of sp³-hybridized carbons (Fsp3) is 0.571. The first-order chi connectivity index (χ1) is 8.24. The van der Waals surface area contributed by atoms with E-state index in [0.29, 0.717) is 0 Å². The van der Waals surface area contributed by atoms with Gasteiger partial charge in [-0.25, -0.2) is 4.39 Å². The maximum absolute atomic E-state index is 13.0. The van der Waals surface area contributed by atoms with Crippen molar-refractivity contribution in [3.63, 3.8) is 0 Å². The lowest BCUT2D eigenvalue weighted by atomic mass is 10.1. The van der Waals surface area contributed by atoms with Crippen molar-refractivity contribution in [2.75, 3.05) is 26.7 Å². The topological polar surface area (TPSA) is 15.3 Å². The molecule has 2 nitrogen and oxygen atoms in total. The fourth-order valence-electron chi connectivity index (χ4n) is 1.87. The molecule has 0 atom stereocenters. The molecule has 2 rings (SSSR count). The second kappa shape index (κ2) is 6.12. The fourth-order valence-corrected chi connectivity index (χ4v) is 1.87. The monoisotopic (exact) mass is 236 g/mol. The first-order valence-electron chi connectivity index (χ1n) is 6.40. The lowest BCUT2D eigenvalue weighted by Gasteiger charge is -2.16. The minimum absolute atomic E-state index is 0.138. The van der Waals surface area contributed by atoms with E-state index in [4.69, 9.17) is 0 Å². The van der Waals surface area contributed by atoms with Gasteiger partial charge in [0.1, 0.15) is 5.82 Å². The highest BCUT2D eigenvalue weighted by atomic mass is 19.1. The summed E-state index contributed by atoms with van der Waals surface area (Å²) in [5.74, 6) is -0.138. The van der Waals surface area contributed by atoms with Crippen LogP contribution in [0.2, 0.25) is 0 Å². The summed E-state index contributed by atoms with van der Waals surface area (Å²) in [7, 11) is 2.12. The van der Waals surface area contributed by atoms with Gasteiger partial charge in [-0.1, -0.05) is 12.1 Å². The largest absolute Gasteiger partial charge is 0.313 e. The van der Waals surface area contributed by atoms with E-state index in [1.807, 2.05) is 6.07 Å². The van der Waals surface area contributed by atoms with E-state index in [-0.39, 0.29) is 5.82 Å². The number of halogens is 1. The second-order valence-corrected chi connectivity index (χ2v) is 4.91. The number of likely N-dealkylation sites (N-methyl/N-ethyl adjacent to an activating group) is 1. The van der Waals surface area contributed by atoms with Gasteiger partial charge >= 0.3 is 0 Å². The van der Waals surface area contributed by atoms with Gasteiger partial charge in [-0.15, -0.1) is 0 Å². The predicted molar refractivity (Wildman–Crippen MR) is 68.6 cm³/mol. The Hall–Kier alpha value is -0.930. The predicted octanol–water partition coefficient (Wildman–Crippen LogP) is 2.05. The van der Waals surface area contributed by atoms with E-state index >= 15 is 0 Å². The van der Waals surface area contributed by atoms with Crippen LogP contribution in [-0.2, 0) is 6.42 Å². The summed E-state index contributed by atoms with van der Waals surface area (Å²) >= 11 is 0. The summed E-state index contributed by atoms with van der Waals surface area (Å²) in [6.45, 7) is 3.10. The van der Waals surface area contributed by atoms with Crippen molar-refractivity contribution in [1.82, 2.24) is 10.2 Å². The molecule has 17 heavy (non-hydrogen) atoms. The Morgan fingerprint density at radius 3 is 2.88 bits per heavy atom. The standard InChI is InChI=1S/C14H21FN2/c1-17(10-8-16-14-5-6-14)9-7-12-3-2-4-13(15)11-12/h2-4,11,14,16H,5-10H2,1H3. The Morgan fingerprint density at radius 1 is 1.35 bits per heavy atom. The number of nitrogens with one attached hydrogen (secondary N) is 1. The van der Waals surface area contributed by atoms with Crippen LogP contribution >= 0.6 is 0 Å². The molecule has 1 aliphatic rings. The van der Waals surface area contributed by atoms with Crippen molar-refractivity contribution in [2.24, 2.45) is 0 Å². The summed E-state index contributed by atoms with van der Waals surface area (Å²) in [4.78, 5) is 2.29. The van der Waals surface area contributed by atoms with Crippen LogP contribution in [0.1, 0.15) is 18.4 Å². The highest BCUT2D eigenvalue weighted by Gasteiger charge is 2.19. The number of hydrogen-bond donors (Lipinski definition) is 1. The molecule has 0 unspecified atom stereocenters. The molecule has 0 radical (unpaired) electrons. The summed E-state index contributed by atoms with van der Waals surface area (Å²) in [5.41, 5.74) is 1.08. The van der Waals surface area contributed by atoms with Gasteiger partial charge < -0.3 is 10.2 Å². The molecule has 1 saturated carbocycles. The van der Waals surface area contributed by atoms with Gasteiger partial charge in [-0.2, -0.15) is 0 Å². The Labute approximate surface area is 103 Å². The first-order valence-corrected chi connectivity index (χ1v) is 6.40. The van der Waals surface area contributed by atoms with E-state index < -0.39 is 0 Å². The lowest BCUT2D eigenvalue weighted by Crippen LogP contribution is -2.31. The van der Waals surface area contributed by atoms with Crippen LogP contribution < -0.4 is 5.32 Å². The quantitative estimate of drug-likeness (QED) is 0.779. The zero-order chi connectivity index (χ0) is 12.1. The van der Waals surface area contributed by atoms with Gasteiger partial charge in [0.2, 0.25) is 0 Å². The second-order valence-electron chi connectivity index (χ2n) is 4.91. The average molecular weight is 236 g/mol. The van der Waals surface area contributed by atoms with Crippen molar-refractivity contribution >= 4 is 0 Å². The maximum Gasteiger partial charge on any atom is 0.123 e. The molecule has 0 saturated heterocycles. The third-order valence-corrected chi connectivity index (χ3v) is 3.18. The van der Waals surface area contributed by atoms with Gasteiger partial charge in [0.05, 0.1) is 0 Å². The number of nitrogens with zero attached hydrogens (tertiary/aromatic N) is 1. The Bertz CT molecular complexity index is 350. The van der Waals surface area contributed by atoms with Crippen LogP contribution in [0, 0.1) is 5.82 Å². The molecule has 1 fully saturated rings. The summed E-state index contributed by atoms with van der Waals surface area (Å²) in [6, 6.07) is 7.66. The summed E-state index contributed by atoms with van der Waals surface area (Å²) in [6.07, 6.45) is 3.59. The number of hydrogen-bond acceptors (Lipinski definition) is 2. The highest BCUT2D eigenvalue weighted by molar-refractivity contribution is 5.16. The van der Waals surface area contributed by atoms with Crippen molar-refractivity contribution in [3.8, 4) is 0 Å². The van der Waals surface area contributed by atoms with Crippen LogP contribution in [0.4, 0.5) is 4.39 Å². The van der Waals surface area contributed by atoms with E-state index in [9.17, 15) is 4.39 Å². The molecule has 3 heteroatoms. The average Bonchev–Trinajstić information content (AvgIpc) is 3.11. The third-order valence-electron chi connectivity index (χ3n) is 3.18. The number of benzene rings is 1. The van der Waals surface area contributed by atoms with Gasteiger partial charge in [-0.3, -0.25) is 0 Å². The van der Waals surface area contributed by atoms with E-state index in [1.165, 1.54) is 18.9 Å².